The summed E-state index contributed by atoms with van der Waals surface area (Å²) in [4.78, 5) is 20.9. The van der Waals surface area contributed by atoms with E-state index in [1.54, 1.807) is 12.4 Å². The van der Waals surface area contributed by atoms with Crippen molar-refractivity contribution in [2.45, 2.75) is 32.2 Å². The third kappa shape index (κ3) is 4.06. The van der Waals surface area contributed by atoms with Gasteiger partial charge >= 0.3 is 0 Å². The van der Waals surface area contributed by atoms with Crippen molar-refractivity contribution in [3.8, 4) is 11.3 Å². The fourth-order valence-corrected chi connectivity index (χ4v) is 3.98. The van der Waals surface area contributed by atoms with Crippen LogP contribution in [0.4, 0.5) is 11.6 Å². The molecule has 3 heterocycles. The standard InChI is InChI=1S/C25H26N6/c1-25(2,3)30-20-9-6-8-17(13-20)22-23(27-12-11-26-22)19-15-31(16-19)24-28-14-18-7-4-5-10-21(18)29-24/h4-14,19,30H,15-16H2,1-3H3. The van der Waals surface area contributed by atoms with Crippen molar-refractivity contribution >= 4 is 22.5 Å². The molecule has 0 atom stereocenters. The number of nitrogens with zero attached hydrogens (tertiary/aromatic N) is 5. The number of anilines is 2. The molecular weight excluding hydrogens is 384 g/mol. The quantitative estimate of drug-likeness (QED) is 0.516. The summed E-state index contributed by atoms with van der Waals surface area (Å²) in [5, 5.41) is 4.60. The van der Waals surface area contributed by atoms with Crippen LogP contribution in [0.3, 0.4) is 0 Å². The molecule has 2 aromatic heterocycles. The molecule has 31 heavy (non-hydrogen) atoms. The first kappa shape index (κ1) is 19.4. The van der Waals surface area contributed by atoms with Crippen molar-refractivity contribution in [2.24, 2.45) is 0 Å². The van der Waals surface area contributed by atoms with Gasteiger partial charge in [0.15, 0.2) is 0 Å². The van der Waals surface area contributed by atoms with Crippen molar-refractivity contribution in [1.29, 1.82) is 0 Å². The van der Waals surface area contributed by atoms with Crippen LogP contribution in [-0.4, -0.2) is 38.6 Å². The lowest BCUT2D eigenvalue weighted by atomic mass is 9.92. The summed E-state index contributed by atoms with van der Waals surface area (Å²) in [7, 11) is 0. The van der Waals surface area contributed by atoms with Crippen LogP contribution in [-0.2, 0) is 0 Å². The van der Waals surface area contributed by atoms with Gasteiger partial charge in [-0.15, -0.1) is 0 Å². The normalized spacial score (nSPS) is 14.5. The first-order valence-electron chi connectivity index (χ1n) is 10.6. The topological polar surface area (TPSA) is 66.8 Å². The lowest BCUT2D eigenvalue weighted by molar-refractivity contribution is 0.504. The van der Waals surface area contributed by atoms with Gasteiger partial charge in [0.05, 0.1) is 16.9 Å². The Hall–Kier alpha value is -3.54. The maximum Gasteiger partial charge on any atom is 0.225 e. The van der Waals surface area contributed by atoms with Crippen LogP contribution in [0.5, 0.6) is 0 Å². The van der Waals surface area contributed by atoms with Crippen LogP contribution >= 0.6 is 0 Å². The summed E-state index contributed by atoms with van der Waals surface area (Å²) >= 11 is 0. The summed E-state index contributed by atoms with van der Waals surface area (Å²) in [6, 6.07) is 16.5. The minimum absolute atomic E-state index is 0.00184. The van der Waals surface area contributed by atoms with Crippen molar-refractivity contribution in [2.75, 3.05) is 23.3 Å². The van der Waals surface area contributed by atoms with Gasteiger partial charge < -0.3 is 10.2 Å². The Labute approximate surface area is 182 Å². The molecule has 0 saturated carbocycles. The SMILES string of the molecule is CC(C)(C)Nc1cccc(-c2nccnc2C2CN(c3ncc4ccccc4n3)C2)c1. The molecule has 0 spiro atoms. The zero-order chi connectivity index (χ0) is 21.4. The summed E-state index contributed by atoms with van der Waals surface area (Å²) in [6.45, 7) is 8.15. The summed E-state index contributed by atoms with van der Waals surface area (Å²) < 4.78 is 0. The lowest BCUT2D eigenvalue weighted by Gasteiger charge is -2.39. The zero-order valence-electron chi connectivity index (χ0n) is 18.1. The highest BCUT2D eigenvalue weighted by atomic mass is 15.3. The van der Waals surface area contributed by atoms with E-state index in [0.717, 1.165) is 52.6 Å². The molecule has 0 amide bonds. The van der Waals surface area contributed by atoms with Gasteiger partial charge in [-0.05, 0) is 39.0 Å². The predicted octanol–water partition coefficient (Wildman–Crippen LogP) is 4.90. The number of para-hydroxylation sites is 1. The molecule has 1 aliphatic heterocycles. The predicted molar refractivity (Wildman–Crippen MR) is 125 cm³/mol. The second-order valence-electron chi connectivity index (χ2n) is 9.08. The van der Waals surface area contributed by atoms with Gasteiger partial charge in [-0.3, -0.25) is 9.97 Å². The number of nitrogens with one attached hydrogen (secondary N) is 1. The van der Waals surface area contributed by atoms with Crippen LogP contribution < -0.4 is 10.2 Å². The van der Waals surface area contributed by atoms with E-state index in [1.165, 1.54) is 0 Å². The van der Waals surface area contributed by atoms with Gasteiger partial charge in [-0.1, -0.05) is 30.3 Å². The van der Waals surface area contributed by atoms with Gasteiger partial charge in [0.2, 0.25) is 5.95 Å². The van der Waals surface area contributed by atoms with Gasteiger partial charge in [-0.2, -0.15) is 0 Å². The van der Waals surface area contributed by atoms with E-state index in [0.29, 0.717) is 5.92 Å². The Morgan fingerprint density at radius 2 is 1.74 bits per heavy atom. The van der Waals surface area contributed by atoms with Crippen LogP contribution in [0.1, 0.15) is 32.4 Å². The number of hydrogen-bond acceptors (Lipinski definition) is 6. The second-order valence-corrected chi connectivity index (χ2v) is 9.08. The minimum atomic E-state index is -0.00184. The van der Waals surface area contributed by atoms with Crippen LogP contribution in [0.15, 0.2) is 67.1 Å². The number of fused-ring (bicyclic) bond motifs is 1. The Kier molecular flexibility index (Phi) is 4.77. The van der Waals surface area contributed by atoms with Gasteiger partial charge in [0.1, 0.15) is 0 Å². The molecule has 1 fully saturated rings. The Morgan fingerprint density at radius 1 is 0.935 bits per heavy atom. The number of aromatic nitrogens is 4. The molecule has 2 aromatic carbocycles. The third-order valence-corrected chi connectivity index (χ3v) is 5.41. The molecule has 1 aliphatic rings. The molecule has 0 unspecified atom stereocenters. The largest absolute Gasteiger partial charge is 0.380 e. The maximum absolute atomic E-state index is 4.72. The summed E-state index contributed by atoms with van der Waals surface area (Å²) in [5.74, 6) is 1.08. The van der Waals surface area contributed by atoms with Crippen molar-refractivity contribution in [1.82, 2.24) is 19.9 Å². The molecule has 5 rings (SSSR count). The van der Waals surface area contributed by atoms with E-state index in [9.17, 15) is 0 Å². The number of hydrogen-bond donors (Lipinski definition) is 1. The second kappa shape index (κ2) is 7.61. The molecule has 6 nitrogen and oxygen atoms in total. The summed E-state index contributed by atoms with van der Waals surface area (Å²) in [6.07, 6.45) is 5.45. The average molecular weight is 411 g/mol. The smallest absolute Gasteiger partial charge is 0.225 e. The van der Waals surface area contributed by atoms with Crippen molar-refractivity contribution < 1.29 is 0 Å². The number of rotatable bonds is 4. The molecule has 1 saturated heterocycles. The average Bonchev–Trinajstić information content (AvgIpc) is 2.72. The fourth-order valence-electron chi connectivity index (χ4n) is 3.98. The van der Waals surface area contributed by atoms with E-state index in [1.807, 2.05) is 30.5 Å². The van der Waals surface area contributed by atoms with Crippen LogP contribution in [0.25, 0.3) is 22.2 Å². The summed E-state index contributed by atoms with van der Waals surface area (Å²) in [5.41, 5.74) is 5.12. The van der Waals surface area contributed by atoms with Gasteiger partial charge in [-0.25, -0.2) is 9.97 Å². The maximum atomic E-state index is 4.72. The highest BCUT2D eigenvalue weighted by Crippen LogP contribution is 2.34. The lowest BCUT2D eigenvalue weighted by Crippen LogP contribution is -2.46. The van der Waals surface area contributed by atoms with Gasteiger partial charge in [0, 0.05) is 59.8 Å². The molecule has 4 aromatic rings. The van der Waals surface area contributed by atoms with E-state index < -0.39 is 0 Å². The molecule has 156 valence electrons. The first-order chi connectivity index (χ1) is 15.0. The third-order valence-electron chi connectivity index (χ3n) is 5.41. The molecule has 1 N–H and O–H groups in total. The van der Waals surface area contributed by atoms with Crippen LogP contribution in [0.2, 0.25) is 0 Å². The zero-order valence-corrected chi connectivity index (χ0v) is 18.1. The van der Waals surface area contributed by atoms with E-state index in [-0.39, 0.29) is 5.54 Å². The fraction of sp³-hybridized carbons (Fsp3) is 0.280. The molecule has 0 aliphatic carbocycles. The number of benzene rings is 2. The van der Waals surface area contributed by atoms with Crippen molar-refractivity contribution in [3.63, 3.8) is 0 Å². The van der Waals surface area contributed by atoms with E-state index in [4.69, 9.17) is 9.97 Å². The highest BCUT2D eigenvalue weighted by Gasteiger charge is 2.33. The van der Waals surface area contributed by atoms with E-state index >= 15 is 0 Å². The minimum Gasteiger partial charge on any atom is -0.380 e. The Balaban J connectivity index is 1.38. The van der Waals surface area contributed by atoms with Gasteiger partial charge in [0.25, 0.3) is 0 Å². The van der Waals surface area contributed by atoms with Crippen LogP contribution in [0, 0.1) is 0 Å². The van der Waals surface area contributed by atoms with Crippen molar-refractivity contribution in [3.05, 3.63) is 72.8 Å². The molecular formula is C25H26N6. The molecule has 0 radical (unpaired) electrons. The molecule has 6 heteroatoms. The highest BCUT2D eigenvalue weighted by molar-refractivity contribution is 5.78. The monoisotopic (exact) mass is 410 g/mol. The van der Waals surface area contributed by atoms with E-state index in [2.05, 4.69) is 65.2 Å². The Bertz CT molecular complexity index is 1220. The first-order valence-corrected chi connectivity index (χ1v) is 10.6. The Morgan fingerprint density at radius 3 is 2.58 bits per heavy atom. The molecule has 0 bridgehead atoms.